The number of carboxylic acids is 1. The Hall–Kier alpha value is -2.80. The number of carboxylic acid groups (broad SMARTS) is 1. The quantitative estimate of drug-likeness (QED) is 0.643. The van der Waals surface area contributed by atoms with Gasteiger partial charge in [-0.15, -0.1) is 0 Å². The molecule has 0 aliphatic rings. The fraction of sp³-hybridized carbons (Fsp3) is 0.0714. The lowest BCUT2D eigenvalue weighted by Crippen LogP contribution is -2.07. The highest BCUT2D eigenvalue weighted by molar-refractivity contribution is 6.34. The molecular formula is C14H11ClN2O5. The summed E-state index contributed by atoms with van der Waals surface area (Å²) in [6.07, 6.45) is 0. The Balaban J connectivity index is 2.64. The van der Waals surface area contributed by atoms with Gasteiger partial charge in [0.05, 0.1) is 22.7 Å². The summed E-state index contributed by atoms with van der Waals surface area (Å²) in [4.78, 5) is 21.9. The van der Waals surface area contributed by atoms with E-state index in [1.807, 2.05) is 0 Å². The van der Waals surface area contributed by atoms with Crippen LogP contribution in [0.4, 0.5) is 17.1 Å². The van der Waals surface area contributed by atoms with Crippen molar-refractivity contribution in [1.29, 1.82) is 0 Å². The van der Waals surface area contributed by atoms with Crippen LogP contribution in [0.25, 0.3) is 0 Å². The van der Waals surface area contributed by atoms with Crippen molar-refractivity contribution in [3.05, 3.63) is 57.1 Å². The number of ether oxygens (including phenoxy) is 1. The molecule has 0 spiro atoms. The highest BCUT2D eigenvalue weighted by Crippen LogP contribution is 2.37. The lowest BCUT2D eigenvalue weighted by Gasteiger charge is -2.13. The zero-order valence-corrected chi connectivity index (χ0v) is 12.1. The summed E-state index contributed by atoms with van der Waals surface area (Å²) in [7, 11) is 1.44. The number of nitro benzene ring substituents is 1. The fourth-order valence-electron chi connectivity index (χ4n) is 1.94. The number of nitro groups is 1. The van der Waals surface area contributed by atoms with E-state index in [0.29, 0.717) is 11.4 Å². The first-order valence-corrected chi connectivity index (χ1v) is 6.43. The van der Waals surface area contributed by atoms with Crippen LogP contribution in [-0.4, -0.2) is 23.1 Å². The van der Waals surface area contributed by atoms with Gasteiger partial charge in [-0.05, 0) is 18.2 Å². The molecule has 114 valence electrons. The molecule has 22 heavy (non-hydrogen) atoms. The first-order valence-electron chi connectivity index (χ1n) is 6.06. The molecule has 0 aliphatic heterocycles. The number of anilines is 2. The summed E-state index contributed by atoms with van der Waals surface area (Å²) in [6.45, 7) is 0. The van der Waals surface area contributed by atoms with Crippen LogP contribution in [0.15, 0.2) is 36.4 Å². The average Bonchev–Trinajstić information content (AvgIpc) is 2.47. The molecule has 0 saturated carbocycles. The van der Waals surface area contributed by atoms with E-state index in [4.69, 9.17) is 16.3 Å². The molecule has 0 unspecified atom stereocenters. The summed E-state index contributed by atoms with van der Waals surface area (Å²) in [5.41, 5.74) is -0.582. The van der Waals surface area contributed by atoms with Gasteiger partial charge in [-0.2, -0.15) is 0 Å². The molecule has 0 saturated heterocycles. The first kappa shape index (κ1) is 15.6. The molecule has 0 atom stereocenters. The molecule has 2 rings (SSSR count). The minimum Gasteiger partial charge on any atom is -0.495 e. The number of aromatic carboxylic acids is 1. The van der Waals surface area contributed by atoms with Gasteiger partial charge >= 0.3 is 5.97 Å². The van der Waals surface area contributed by atoms with Crippen LogP contribution in [0.3, 0.4) is 0 Å². The number of benzene rings is 2. The third-order valence-electron chi connectivity index (χ3n) is 2.91. The Morgan fingerprint density at radius 2 is 2.00 bits per heavy atom. The maximum atomic E-state index is 11.4. The highest BCUT2D eigenvalue weighted by Gasteiger charge is 2.25. The van der Waals surface area contributed by atoms with Gasteiger partial charge in [-0.3, -0.25) is 10.1 Å². The average molecular weight is 323 g/mol. The lowest BCUT2D eigenvalue weighted by atomic mass is 10.1. The van der Waals surface area contributed by atoms with Crippen LogP contribution in [0.5, 0.6) is 5.75 Å². The zero-order valence-electron chi connectivity index (χ0n) is 11.4. The number of rotatable bonds is 5. The zero-order chi connectivity index (χ0) is 16.3. The molecule has 0 bridgehead atoms. The van der Waals surface area contributed by atoms with E-state index in [2.05, 4.69) is 5.32 Å². The Bertz CT molecular complexity index is 748. The largest absolute Gasteiger partial charge is 0.495 e. The number of carbonyl (C=O) groups is 1. The Morgan fingerprint density at radius 1 is 1.32 bits per heavy atom. The number of methoxy groups -OCH3 is 1. The molecule has 8 heteroatoms. The summed E-state index contributed by atoms with van der Waals surface area (Å²) < 4.78 is 5.14. The Labute approximate surface area is 130 Å². The standard InChI is InChI=1S/C14H11ClN2O5/c1-22-11-5-3-2-4-9(11)16-13-10(17(20)21)7-6-8(15)12(13)14(18)19/h2-7,16H,1H3,(H,18,19). The SMILES string of the molecule is COc1ccccc1Nc1c([N+](=O)[O-])ccc(Cl)c1C(=O)O. The van der Waals surface area contributed by atoms with E-state index >= 15 is 0 Å². The predicted molar refractivity (Wildman–Crippen MR) is 81.3 cm³/mol. The van der Waals surface area contributed by atoms with Gasteiger partial charge in [0.25, 0.3) is 5.69 Å². The van der Waals surface area contributed by atoms with Crippen molar-refractivity contribution < 1.29 is 19.6 Å². The van der Waals surface area contributed by atoms with Crippen LogP contribution in [0.1, 0.15) is 10.4 Å². The van der Waals surface area contributed by atoms with Crippen molar-refractivity contribution in [1.82, 2.24) is 0 Å². The summed E-state index contributed by atoms with van der Waals surface area (Å²) in [6, 6.07) is 8.97. The maximum absolute atomic E-state index is 11.4. The maximum Gasteiger partial charge on any atom is 0.339 e. The molecule has 0 fully saturated rings. The van der Waals surface area contributed by atoms with E-state index < -0.39 is 16.6 Å². The number of halogens is 1. The van der Waals surface area contributed by atoms with Gasteiger partial charge in [0.2, 0.25) is 0 Å². The van der Waals surface area contributed by atoms with Crippen molar-refractivity contribution in [2.75, 3.05) is 12.4 Å². The topological polar surface area (TPSA) is 102 Å². The summed E-state index contributed by atoms with van der Waals surface area (Å²) in [5, 5.41) is 23.1. The molecule has 0 aliphatic carbocycles. The fourth-order valence-corrected chi connectivity index (χ4v) is 2.17. The normalized spacial score (nSPS) is 10.1. The molecule has 2 aromatic rings. The molecule has 2 N–H and O–H groups in total. The molecule has 0 radical (unpaired) electrons. The molecule has 0 aromatic heterocycles. The van der Waals surface area contributed by atoms with Crippen molar-refractivity contribution >= 4 is 34.6 Å². The highest BCUT2D eigenvalue weighted by atomic mass is 35.5. The first-order chi connectivity index (χ1) is 10.5. The van der Waals surface area contributed by atoms with Crippen molar-refractivity contribution in [2.24, 2.45) is 0 Å². The monoisotopic (exact) mass is 322 g/mol. The van der Waals surface area contributed by atoms with Gasteiger partial charge in [-0.25, -0.2) is 4.79 Å². The van der Waals surface area contributed by atoms with Gasteiger partial charge in [0.15, 0.2) is 0 Å². The second kappa shape index (κ2) is 6.31. The lowest BCUT2D eigenvalue weighted by molar-refractivity contribution is -0.383. The van der Waals surface area contributed by atoms with Crippen LogP contribution in [-0.2, 0) is 0 Å². The molecular weight excluding hydrogens is 312 g/mol. The number of para-hydroxylation sites is 2. The minimum atomic E-state index is -1.37. The second-order valence-electron chi connectivity index (χ2n) is 4.20. The predicted octanol–water partition coefficient (Wildman–Crippen LogP) is 3.70. The van der Waals surface area contributed by atoms with Gasteiger partial charge in [0.1, 0.15) is 17.0 Å². The Morgan fingerprint density at radius 3 is 2.59 bits per heavy atom. The van der Waals surface area contributed by atoms with E-state index in [-0.39, 0.29) is 16.3 Å². The van der Waals surface area contributed by atoms with E-state index in [0.717, 1.165) is 6.07 Å². The van der Waals surface area contributed by atoms with Crippen molar-refractivity contribution in [2.45, 2.75) is 0 Å². The van der Waals surface area contributed by atoms with E-state index in [9.17, 15) is 20.0 Å². The van der Waals surface area contributed by atoms with E-state index in [1.54, 1.807) is 24.3 Å². The summed E-state index contributed by atoms with van der Waals surface area (Å²) >= 11 is 5.87. The van der Waals surface area contributed by atoms with Crippen LogP contribution in [0.2, 0.25) is 5.02 Å². The van der Waals surface area contributed by atoms with Gasteiger partial charge in [-0.1, -0.05) is 23.7 Å². The molecule has 0 amide bonds. The molecule has 0 heterocycles. The molecule has 2 aromatic carbocycles. The van der Waals surface area contributed by atoms with Crippen LogP contribution < -0.4 is 10.1 Å². The summed E-state index contributed by atoms with van der Waals surface area (Å²) in [5.74, 6) is -0.959. The minimum absolute atomic E-state index is 0.101. The van der Waals surface area contributed by atoms with Gasteiger partial charge < -0.3 is 15.2 Å². The van der Waals surface area contributed by atoms with Gasteiger partial charge in [0, 0.05) is 6.07 Å². The third-order valence-corrected chi connectivity index (χ3v) is 3.22. The smallest absolute Gasteiger partial charge is 0.339 e. The number of hydrogen-bond donors (Lipinski definition) is 2. The van der Waals surface area contributed by atoms with Crippen LogP contribution in [0, 0.1) is 10.1 Å². The number of nitrogens with one attached hydrogen (secondary N) is 1. The Kier molecular flexibility index (Phi) is 4.47. The van der Waals surface area contributed by atoms with Crippen molar-refractivity contribution in [3.8, 4) is 5.75 Å². The van der Waals surface area contributed by atoms with Crippen molar-refractivity contribution in [3.63, 3.8) is 0 Å². The van der Waals surface area contributed by atoms with Crippen LogP contribution >= 0.6 is 11.6 Å². The second-order valence-corrected chi connectivity index (χ2v) is 4.61. The number of hydrogen-bond acceptors (Lipinski definition) is 5. The van der Waals surface area contributed by atoms with E-state index in [1.165, 1.54) is 13.2 Å². The molecule has 7 nitrogen and oxygen atoms in total. The number of nitrogens with zero attached hydrogens (tertiary/aromatic N) is 1. The third kappa shape index (κ3) is 2.94.